The molecule has 0 aromatic heterocycles. The first-order valence-electron chi connectivity index (χ1n) is 6.56. The summed E-state index contributed by atoms with van der Waals surface area (Å²) in [7, 11) is 1.71. The average molecular weight is 250 g/mol. The van der Waals surface area contributed by atoms with Crippen LogP contribution in [0.2, 0.25) is 0 Å². The monoisotopic (exact) mass is 250 g/mol. The molecule has 2 atom stereocenters. The van der Waals surface area contributed by atoms with Gasteiger partial charge in [0.25, 0.3) is 0 Å². The second kappa shape index (κ2) is 6.88. The number of hydrogen-bond acceptors (Lipinski definition) is 3. The highest BCUT2D eigenvalue weighted by atomic mass is 16.6. The zero-order valence-corrected chi connectivity index (χ0v) is 11.2. The standard InChI is InChI=1S/C15H22O3/c1-12-5-3-4-6-13(12)9-17-11-15-8-7-14(18-15)10-16-2/h3-6,14-15H,7-11H2,1-2H3. The molecule has 0 N–H and O–H groups in total. The number of ether oxygens (including phenoxy) is 3. The van der Waals surface area contributed by atoms with Crippen LogP contribution in [0.15, 0.2) is 24.3 Å². The van der Waals surface area contributed by atoms with E-state index in [4.69, 9.17) is 14.2 Å². The van der Waals surface area contributed by atoms with Crippen molar-refractivity contribution >= 4 is 0 Å². The van der Waals surface area contributed by atoms with E-state index in [-0.39, 0.29) is 12.2 Å². The van der Waals surface area contributed by atoms with Crippen molar-refractivity contribution in [3.8, 4) is 0 Å². The first kappa shape index (κ1) is 13.5. The van der Waals surface area contributed by atoms with Crippen LogP contribution in [0.1, 0.15) is 24.0 Å². The summed E-state index contributed by atoms with van der Waals surface area (Å²) >= 11 is 0. The Morgan fingerprint density at radius 1 is 1.17 bits per heavy atom. The fourth-order valence-corrected chi connectivity index (χ4v) is 2.28. The van der Waals surface area contributed by atoms with Crippen molar-refractivity contribution in [1.82, 2.24) is 0 Å². The Labute approximate surface area is 109 Å². The minimum Gasteiger partial charge on any atom is -0.382 e. The SMILES string of the molecule is COCC1CCC(COCc2ccccc2C)O1. The van der Waals surface area contributed by atoms with Crippen LogP contribution in [0.3, 0.4) is 0 Å². The Morgan fingerprint density at radius 2 is 1.89 bits per heavy atom. The lowest BCUT2D eigenvalue weighted by atomic mass is 10.1. The predicted molar refractivity (Wildman–Crippen MR) is 70.6 cm³/mol. The molecule has 1 heterocycles. The third-order valence-electron chi connectivity index (χ3n) is 3.37. The second-order valence-corrected chi connectivity index (χ2v) is 4.85. The van der Waals surface area contributed by atoms with Crippen LogP contribution in [-0.4, -0.2) is 32.5 Å². The zero-order chi connectivity index (χ0) is 12.8. The van der Waals surface area contributed by atoms with Gasteiger partial charge in [0.1, 0.15) is 0 Å². The van der Waals surface area contributed by atoms with Gasteiger partial charge in [-0.15, -0.1) is 0 Å². The molecule has 1 saturated heterocycles. The van der Waals surface area contributed by atoms with E-state index in [1.165, 1.54) is 11.1 Å². The molecule has 0 amide bonds. The van der Waals surface area contributed by atoms with Gasteiger partial charge in [0.05, 0.1) is 32.0 Å². The van der Waals surface area contributed by atoms with Crippen molar-refractivity contribution in [3.63, 3.8) is 0 Å². The molecule has 2 unspecified atom stereocenters. The Balaban J connectivity index is 1.69. The summed E-state index contributed by atoms with van der Waals surface area (Å²) in [6.07, 6.45) is 2.63. The van der Waals surface area contributed by atoms with Crippen molar-refractivity contribution in [3.05, 3.63) is 35.4 Å². The van der Waals surface area contributed by atoms with Crippen LogP contribution in [0.4, 0.5) is 0 Å². The van der Waals surface area contributed by atoms with Gasteiger partial charge in [-0.25, -0.2) is 0 Å². The first-order chi connectivity index (χ1) is 8.79. The lowest BCUT2D eigenvalue weighted by molar-refractivity contribution is -0.0414. The first-order valence-corrected chi connectivity index (χ1v) is 6.56. The van der Waals surface area contributed by atoms with Crippen LogP contribution < -0.4 is 0 Å². The minimum absolute atomic E-state index is 0.231. The van der Waals surface area contributed by atoms with Crippen LogP contribution in [-0.2, 0) is 20.8 Å². The number of methoxy groups -OCH3 is 1. The summed E-state index contributed by atoms with van der Waals surface area (Å²) in [5, 5.41) is 0. The van der Waals surface area contributed by atoms with Crippen molar-refractivity contribution < 1.29 is 14.2 Å². The van der Waals surface area contributed by atoms with Crippen molar-refractivity contribution in [2.24, 2.45) is 0 Å². The van der Waals surface area contributed by atoms with Gasteiger partial charge in [-0.1, -0.05) is 24.3 Å². The molecule has 0 bridgehead atoms. The molecule has 1 aliphatic rings. The number of hydrogen-bond donors (Lipinski definition) is 0. The van der Waals surface area contributed by atoms with Crippen molar-refractivity contribution in [2.45, 2.75) is 38.6 Å². The molecule has 1 aromatic carbocycles. The normalized spacial score (nSPS) is 23.4. The van der Waals surface area contributed by atoms with Crippen LogP contribution in [0, 0.1) is 6.92 Å². The Kier molecular flexibility index (Phi) is 5.17. The molecule has 3 heteroatoms. The maximum atomic E-state index is 5.82. The van der Waals surface area contributed by atoms with E-state index >= 15 is 0 Å². The van der Waals surface area contributed by atoms with E-state index in [1.54, 1.807) is 7.11 Å². The minimum atomic E-state index is 0.231. The van der Waals surface area contributed by atoms with Crippen molar-refractivity contribution in [1.29, 1.82) is 0 Å². The van der Waals surface area contributed by atoms with Gasteiger partial charge < -0.3 is 14.2 Å². The molecule has 1 fully saturated rings. The quantitative estimate of drug-likeness (QED) is 0.777. The van der Waals surface area contributed by atoms with E-state index < -0.39 is 0 Å². The van der Waals surface area contributed by atoms with Crippen LogP contribution >= 0.6 is 0 Å². The maximum absolute atomic E-state index is 5.82. The largest absolute Gasteiger partial charge is 0.382 e. The molecule has 0 spiro atoms. The average Bonchev–Trinajstić information content (AvgIpc) is 2.80. The maximum Gasteiger partial charge on any atom is 0.0814 e. The van der Waals surface area contributed by atoms with E-state index in [0.717, 1.165) is 12.8 Å². The second-order valence-electron chi connectivity index (χ2n) is 4.85. The smallest absolute Gasteiger partial charge is 0.0814 e. The fraction of sp³-hybridized carbons (Fsp3) is 0.600. The molecule has 3 nitrogen and oxygen atoms in total. The molecule has 1 aliphatic heterocycles. The summed E-state index contributed by atoms with van der Waals surface area (Å²) in [6, 6.07) is 8.32. The van der Waals surface area contributed by atoms with Gasteiger partial charge in [-0.3, -0.25) is 0 Å². The fourth-order valence-electron chi connectivity index (χ4n) is 2.28. The Bertz CT molecular complexity index is 365. The third kappa shape index (κ3) is 3.80. The lowest BCUT2D eigenvalue weighted by Gasteiger charge is -2.14. The van der Waals surface area contributed by atoms with Gasteiger partial charge in [-0.2, -0.15) is 0 Å². The molecular formula is C15H22O3. The topological polar surface area (TPSA) is 27.7 Å². The Hall–Kier alpha value is -0.900. The van der Waals surface area contributed by atoms with Gasteiger partial charge in [0.15, 0.2) is 0 Å². The predicted octanol–water partition coefficient (Wildman–Crippen LogP) is 2.71. The molecule has 2 rings (SSSR count). The number of rotatable bonds is 6. The molecule has 1 aromatic rings. The summed E-state index contributed by atoms with van der Waals surface area (Å²) in [4.78, 5) is 0. The zero-order valence-electron chi connectivity index (χ0n) is 11.2. The highest BCUT2D eigenvalue weighted by molar-refractivity contribution is 5.24. The highest BCUT2D eigenvalue weighted by Crippen LogP contribution is 2.20. The summed E-state index contributed by atoms with van der Waals surface area (Å²) in [6.45, 7) is 4.14. The van der Waals surface area contributed by atoms with E-state index in [2.05, 4.69) is 19.1 Å². The van der Waals surface area contributed by atoms with Crippen LogP contribution in [0.25, 0.3) is 0 Å². The lowest BCUT2D eigenvalue weighted by Crippen LogP contribution is -2.19. The molecule has 100 valence electrons. The highest BCUT2D eigenvalue weighted by Gasteiger charge is 2.25. The summed E-state index contributed by atoms with van der Waals surface area (Å²) in [5.74, 6) is 0. The van der Waals surface area contributed by atoms with Gasteiger partial charge >= 0.3 is 0 Å². The molecular weight excluding hydrogens is 228 g/mol. The molecule has 0 aliphatic carbocycles. The summed E-state index contributed by atoms with van der Waals surface area (Å²) < 4.78 is 16.7. The molecule has 18 heavy (non-hydrogen) atoms. The van der Waals surface area contributed by atoms with Gasteiger partial charge in [0.2, 0.25) is 0 Å². The van der Waals surface area contributed by atoms with E-state index in [0.29, 0.717) is 19.8 Å². The summed E-state index contributed by atoms with van der Waals surface area (Å²) in [5.41, 5.74) is 2.53. The molecule has 0 radical (unpaired) electrons. The molecule has 0 saturated carbocycles. The Morgan fingerprint density at radius 3 is 2.61 bits per heavy atom. The van der Waals surface area contributed by atoms with E-state index in [9.17, 15) is 0 Å². The third-order valence-corrected chi connectivity index (χ3v) is 3.37. The van der Waals surface area contributed by atoms with Crippen molar-refractivity contribution in [2.75, 3.05) is 20.3 Å². The van der Waals surface area contributed by atoms with Gasteiger partial charge in [0, 0.05) is 7.11 Å². The number of aryl methyl sites for hydroxylation is 1. The van der Waals surface area contributed by atoms with E-state index in [1.807, 2.05) is 12.1 Å². The van der Waals surface area contributed by atoms with Crippen LogP contribution in [0.5, 0.6) is 0 Å². The number of benzene rings is 1. The van der Waals surface area contributed by atoms with Gasteiger partial charge in [-0.05, 0) is 30.9 Å².